The van der Waals surface area contributed by atoms with E-state index in [9.17, 15) is 0 Å². The molecule has 12 heavy (non-hydrogen) atoms. The molecule has 0 amide bonds. The molecule has 1 N–H and O–H groups in total. The number of aromatic nitrogens is 3. The molecule has 0 aromatic carbocycles. The van der Waals surface area contributed by atoms with Crippen LogP contribution in [0.15, 0.2) is 6.33 Å². The molecule has 1 aliphatic rings. The lowest BCUT2D eigenvalue weighted by molar-refractivity contribution is 0.568. The average molecular weight is 167 g/mol. The highest BCUT2D eigenvalue weighted by Gasteiger charge is 2.13. The van der Waals surface area contributed by atoms with Gasteiger partial charge in [0.2, 0.25) is 5.95 Å². The number of piperazine rings is 1. The molecule has 0 spiro atoms. The molecule has 0 radical (unpaired) electrons. The maximum atomic E-state index is 4.19. The number of aryl methyl sites for hydroxylation is 1. The Morgan fingerprint density at radius 1 is 1.42 bits per heavy atom. The van der Waals surface area contributed by atoms with Gasteiger partial charge in [-0.1, -0.05) is 0 Å². The van der Waals surface area contributed by atoms with Crippen LogP contribution in [0.2, 0.25) is 0 Å². The molecule has 1 saturated heterocycles. The fraction of sp³-hybridized carbons (Fsp3) is 0.714. The highest BCUT2D eigenvalue weighted by atomic mass is 15.4. The van der Waals surface area contributed by atoms with E-state index in [-0.39, 0.29) is 0 Å². The summed E-state index contributed by atoms with van der Waals surface area (Å²) in [6, 6.07) is 0. The van der Waals surface area contributed by atoms with Gasteiger partial charge in [0, 0.05) is 33.2 Å². The third-order valence-corrected chi connectivity index (χ3v) is 2.09. The molecule has 1 aromatic rings. The minimum atomic E-state index is 0.969. The van der Waals surface area contributed by atoms with Gasteiger partial charge >= 0.3 is 0 Å². The summed E-state index contributed by atoms with van der Waals surface area (Å²) < 4.78 is 1.81. The number of nitrogens with zero attached hydrogens (tertiary/aromatic N) is 4. The van der Waals surface area contributed by atoms with Crippen LogP contribution in [0.1, 0.15) is 0 Å². The fourth-order valence-electron chi connectivity index (χ4n) is 1.44. The Morgan fingerprint density at radius 3 is 2.75 bits per heavy atom. The van der Waals surface area contributed by atoms with Gasteiger partial charge in [-0.25, -0.2) is 4.68 Å². The van der Waals surface area contributed by atoms with E-state index in [1.807, 2.05) is 11.7 Å². The molecule has 1 fully saturated rings. The van der Waals surface area contributed by atoms with Crippen LogP contribution >= 0.6 is 0 Å². The summed E-state index contributed by atoms with van der Waals surface area (Å²) in [6.45, 7) is 4.11. The van der Waals surface area contributed by atoms with Crippen molar-refractivity contribution in [2.75, 3.05) is 31.1 Å². The highest BCUT2D eigenvalue weighted by molar-refractivity contribution is 5.29. The molecular weight excluding hydrogens is 154 g/mol. The predicted molar refractivity (Wildman–Crippen MR) is 46.1 cm³/mol. The normalized spacial score (nSPS) is 18.2. The van der Waals surface area contributed by atoms with Gasteiger partial charge in [0.15, 0.2) is 0 Å². The van der Waals surface area contributed by atoms with Crippen LogP contribution in [0.4, 0.5) is 5.95 Å². The summed E-state index contributed by atoms with van der Waals surface area (Å²) in [5.41, 5.74) is 0. The van der Waals surface area contributed by atoms with Crippen molar-refractivity contribution < 1.29 is 0 Å². The maximum absolute atomic E-state index is 4.19. The van der Waals surface area contributed by atoms with Crippen LogP contribution in [-0.2, 0) is 7.05 Å². The highest BCUT2D eigenvalue weighted by Crippen LogP contribution is 2.07. The molecule has 0 unspecified atom stereocenters. The van der Waals surface area contributed by atoms with E-state index in [1.54, 1.807) is 6.33 Å². The van der Waals surface area contributed by atoms with Crippen molar-refractivity contribution in [1.29, 1.82) is 0 Å². The van der Waals surface area contributed by atoms with E-state index in [0.29, 0.717) is 0 Å². The molecule has 0 atom stereocenters. The van der Waals surface area contributed by atoms with E-state index < -0.39 is 0 Å². The zero-order valence-electron chi connectivity index (χ0n) is 7.19. The number of hydrogen-bond donors (Lipinski definition) is 1. The van der Waals surface area contributed by atoms with Crippen molar-refractivity contribution in [3.63, 3.8) is 0 Å². The second-order valence-corrected chi connectivity index (χ2v) is 2.92. The van der Waals surface area contributed by atoms with Gasteiger partial charge in [0.1, 0.15) is 6.33 Å². The Morgan fingerprint density at radius 2 is 2.17 bits per heavy atom. The summed E-state index contributed by atoms with van der Waals surface area (Å²) in [6.07, 6.45) is 1.59. The number of nitrogens with one attached hydrogen (secondary N) is 1. The van der Waals surface area contributed by atoms with E-state index in [0.717, 1.165) is 32.1 Å². The third kappa shape index (κ3) is 1.27. The van der Waals surface area contributed by atoms with E-state index in [4.69, 9.17) is 0 Å². The number of anilines is 1. The lowest BCUT2D eigenvalue weighted by Crippen LogP contribution is -2.44. The van der Waals surface area contributed by atoms with Gasteiger partial charge in [0.05, 0.1) is 0 Å². The van der Waals surface area contributed by atoms with Crippen molar-refractivity contribution in [2.24, 2.45) is 7.05 Å². The third-order valence-electron chi connectivity index (χ3n) is 2.09. The SMILES string of the molecule is Cn1ncnc1N1CCNCC1. The Kier molecular flexibility index (Phi) is 1.95. The Balaban J connectivity index is 2.13. The van der Waals surface area contributed by atoms with Gasteiger partial charge in [-0.2, -0.15) is 10.1 Å². The molecule has 1 aromatic heterocycles. The quantitative estimate of drug-likeness (QED) is 0.596. The summed E-state index contributed by atoms with van der Waals surface area (Å²) >= 11 is 0. The van der Waals surface area contributed by atoms with E-state index in [2.05, 4.69) is 20.3 Å². The fourth-order valence-corrected chi connectivity index (χ4v) is 1.44. The summed E-state index contributed by atoms with van der Waals surface area (Å²) in [5.74, 6) is 0.969. The molecule has 5 heteroatoms. The molecule has 66 valence electrons. The van der Waals surface area contributed by atoms with Crippen molar-refractivity contribution >= 4 is 5.95 Å². The molecule has 1 aliphatic heterocycles. The Labute approximate surface area is 71.4 Å². The van der Waals surface area contributed by atoms with Crippen molar-refractivity contribution in [3.05, 3.63) is 6.33 Å². The van der Waals surface area contributed by atoms with Crippen LogP contribution in [0, 0.1) is 0 Å². The minimum Gasteiger partial charge on any atom is -0.338 e. The first kappa shape index (κ1) is 7.54. The second kappa shape index (κ2) is 3.10. The zero-order valence-corrected chi connectivity index (χ0v) is 7.19. The summed E-state index contributed by atoms with van der Waals surface area (Å²) in [5, 5.41) is 7.33. The number of hydrogen-bond acceptors (Lipinski definition) is 4. The van der Waals surface area contributed by atoms with Crippen LogP contribution in [0.3, 0.4) is 0 Å². The first-order chi connectivity index (χ1) is 5.88. The van der Waals surface area contributed by atoms with Gasteiger partial charge < -0.3 is 10.2 Å². The lowest BCUT2D eigenvalue weighted by atomic mass is 10.4. The van der Waals surface area contributed by atoms with Crippen LogP contribution in [0.25, 0.3) is 0 Å². The van der Waals surface area contributed by atoms with E-state index in [1.165, 1.54) is 0 Å². The first-order valence-corrected chi connectivity index (χ1v) is 4.17. The monoisotopic (exact) mass is 167 g/mol. The van der Waals surface area contributed by atoms with Gasteiger partial charge in [0.25, 0.3) is 0 Å². The Bertz CT molecular complexity index is 250. The van der Waals surface area contributed by atoms with Gasteiger partial charge in [-0.15, -0.1) is 0 Å². The standard InChI is InChI=1S/C7H13N5/c1-11-7(9-6-10-11)12-4-2-8-3-5-12/h6,8H,2-5H2,1H3. The van der Waals surface area contributed by atoms with E-state index >= 15 is 0 Å². The topological polar surface area (TPSA) is 46.0 Å². The molecular formula is C7H13N5. The smallest absolute Gasteiger partial charge is 0.223 e. The first-order valence-electron chi connectivity index (χ1n) is 4.17. The molecule has 2 heterocycles. The van der Waals surface area contributed by atoms with Crippen LogP contribution in [-0.4, -0.2) is 40.9 Å². The molecule has 5 nitrogen and oxygen atoms in total. The predicted octanol–water partition coefficient (Wildman–Crippen LogP) is -0.775. The summed E-state index contributed by atoms with van der Waals surface area (Å²) in [7, 11) is 1.92. The van der Waals surface area contributed by atoms with Crippen LogP contribution in [0.5, 0.6) is 0 Å². The Hall–Kier alpha value is -1.10. The van der Waals surface area contributed by atoms with Crippen LogP contribution < -0.4 is 10.2 Å². The van der Waals surface area contributed by atoms with Crippen molar-refractivity contribution in [2.45, 2.75) is 0 Å². The minimum absolute atomic E-state index is 0.969. The summed E-state index contributed by atoms with van der Waals surface area (Å²) in [4.78, 5) is 6.43. The van der Waals surface area contributed by atoms with Crippen molar-refractivity contribution in [3.8, 4) is 0 Å². The second-order valence-electron chi connectivity index (χ2n) is 2.92. The molecule has 0 aliphatic carbocycles. The van der Waals surface area contributed by atoms with Gasteiger partial charge in [-0.3, -0.25) is 0 Å². The lowest BCUT2D eigenvalue weighted by Gasteiger charge is -2.27. The van der Waals surface area contributed by atoms with Gasteiger partial charge in [-0.05, 0) is 0 Å². The number of rotatable bonds is 1. The maximum Gasteiger partial charge on any atom is 0.223 e. The molecule has 0 saturated carbocycles. The zero-order chi connectivity index (χ0) is 8.39. The molecule has 2 rings (SSSR count). The largest absolute Gasteiger partial charge is 0.338 e. The average Bonchev–Trinajstić information content (AvgIpc) is 2.53. The molecule has 0 bridgehead atoms. The van der Waals surface area contributed by atoms with Crippen molar-refractivity contribution in [1.82, 2.24) is 20.1 Å².